The first-order chi connectivity index (χ1) is 8.29. The van der Waals surface area contributed by atoms with Crippen molar-refractivity contribution in [1.82, 2.24) is 15.2 Å². The van der Waals surface area contributed by atoms with Crippen LogP contribution in [-0.2, 0) is 13.0 Å². The zero-order valence-electron chi connectivity index (χ0n) is 9.48. The average Bonchev–Trinajstić information content (AvgIpc) is 2.76. The number of hydrogen-bond acceptors (Lipinski definition) is 5. The van der Waals surface area contributed by atoms with Crippen LogP contribution >= 0.6 is 11.6 Å². The molecule has 0 amide bonds. The van der Waals surface area contributed by atoms with Crippen LogP contribution in [0.1, 0.15) is 17.0 Å². The summed E-state index contributed by atoms with van der Waals surface area (Å²) in [4.78, 5) is 4.07. The summed E-state index contributed by atoms with van der Waals surface area (Å²) in [5.41, 5.74) is 2.28. The van der Waals surface area contributed by atoms with Gasteiger partial charge in [-0.05, 0) is 24.1 Å². The van der Waals surface area contributed by atoms with Crippen LogP contribution in [0.4, 0.5) is 6.01 Å². The summed E-state index contributed by atoms with van der Waals surface area (Å²) in [6, 6.07) is 2.37. The van der Waals surface area contributed by atoms with Gasteiger partial charge in [0, 0.05) is 31.2 Å². The second-order valence-electron chi connectivity index (χ2n) is 3.60. The van der Waals surface area contributed by atoms with Gasteiger partial charge in [-0.1, -0.05) is 5.10 Å². The predicted molar refractivity (Wildman–Crippen MR) is 65.0 cm³/mol. The third-order valence-corrected chi connectivity index (χ3v) is 2.54. The SMILES string of the molecule is Cc1ccncc1CNc1nnc(CCCl)o1. The van der Waals surface area contributed by atoms with Crippen LogP contribution in [0.2, 0.25) is 0 Å². The number of aryl methyl sites for hydroxylation is 2. The van der Waals surface area contributed by atoms with Gasteiger partial charge < -0.3 is 9.73 Å². The molecule has 90 valence electrons. The zero-order valence-corrected chi connectivity index (χ0v) is 10.2. The van der Waals surface area contributed by atoms with Crippen molar-refractivity contribution in [3.05, 3.63) is 35.5 Å². The summed E-state index contributed by atoms with van der Waals surface area (Å²) in [5, 5.41) is 10.8. The van der Waals surface area contributed by atoms with E-state index >= 15 is 0 Å². The number of aromatic nitrogens is 3. The standard InChI is InChI=1S/C11H13ClN4O/c1-8-3-5-13-6-9(8)7-14-11-16-15-10(17-11)2-4-12/h3,5-6H,2,4,7H2,1H3,(H,14,16). The van der Waals surface area contributed by atoms with Gasteiger partial charge in [-0.3, -0.25) is 4.98 Å². The van der Waals surface area contributed by atoms with Crippen molar-refractivity contribution < 1.29 is 4.42 Å². The fourth-order valence-corrected chi connectivity index (χ4v) is 1.52. The number of rotatable bonds is 5. The minimum absolute atomic E-state index is 0.411. The molecule has 0 aliphatic carbocycles. The lowest BCUT2D eigenvalue weighted by Gasteiger charge is -2.04. The Morgan fingerprint density at radius 3 is 3.06 bits per heavy atom. The van der Waals surface area contributed by atoms with Gasteiger partial charge in [-0.2, -0.15) is 0 Å². The first-order valence-electron chi connectivity index (χ1n) is 5.31. The van der Waals surface area contributed by atoms with E-state index < -0.39 is 0 Å². The van der Waals surface area contributed by atoms with Gasteiger partial charge in [0.15, 0.2) is 0 Å². The van der Waals surface area contributed by atoms with E-state index in [4.69, 9.17) is 16.0 Å². The van der Waals surface area contributed by atoms with Crippen molar-refractivity contribution in [3.63, 3.8) is 0 Å². The zero-order chi connectivity index (χ0) is 12.1. The van der Waals surface area contributed by atoms with Crippen molar-refractivity contribution in [3.8, 4) is 0 Å². The maximum Gasteiger partial charge on any atom is 0.315 e. The van der Waals surface area contributed by atoms with E-state index in [2.05, 4.69) is 20.5 Å². The second-order valence-corrected chi connectivity index (χ2v) is 3.97. The fourth-order valence-electron chi connectivity index (χ4n) is 1.36. The Bertz CT molecular complexity index is 486. The highest BCUT2D eigenvalue weighted by Crippen LogP contribution is 2.10. The molecule has 0 aromatic carbocycles. The van der Waals surface area contributed by atoms with Crippen molar-refractivity contribution in [2.75, 3.05) is 11.2 Å². The molecule has 2 rings (SSSR count). The van der Waals surface area contributed by atoms with Gasteiger partial charge >= 0.3 is 6.01 Å². The third-order valence-electron chi connectivity index (χ3n) is 2.35. The maximum atomic E-state index is 5.58. The Morgan fingerprint density at radius 1 is 1.41 bits per heavy atom. The molecule has 0 radical (unpaired) electrons. The fraction of sp³-hybridized carbons (Fsp3) is 0.364. The summed E-state index contributed by atoms with van der Waals surface area (Å²) >= 11 is 5.58. The molecule has 5 nitrogen and oxygen atoms in total. The monoisotopic (exact) mass is 252 g/mol. The summed E-state index contributed by atoms with van der Waals surface area (Å²) in [5.74, 6) is 1.02. The van der Waals surface area contributed by atoms with Crippen LogP contribution in [-0.4, -0.2) is 21.1 Å². The van der Waals surface area contributed by atoms with E-state index in [1.807, 2.05) is 19.2 Å². The summed E-state index contributed by atoms with van der Waals surface area (Å²) in [7, 11) is 0. The molecule has 1 N–H and O–H groups in total. The highest BCUT2D eigenvalue weighted by molar-refractivity contribution is 6.17. The molecule has 0 spiro atoms. The molecule has 2 aromatic rings. The first-order valence-corrected chi connectivity index (χ1v) is 5.84. The van der Waals surface area contributed by atoms with E-state index in [9.17, 15) is 0 Å². The van der Waals surface area contributed by atoms with Crippen molar-refractivity contribution >= 4 is 17.6 Å². The van der Waals surface area contributed by atoms with Crippen LogP contribution in [0, 0.1) is 6.92 Å². The maximum absolute atomic E-state index is 5.58. The minimum Gasteiger partial charge on any atom is -0.408 e. The molecule has 0 unspecified atom stereocenters. The Balaban J connectivity index is 1.95. The molecular formula is C11H13ClN4O. The predicted octanol–water partition coefficient (Wildman–Crippen LogP) is 2.17. The number of halogens is 1. The number of nitrogens with one attached hydrogen (secondary N) is 1. The highest BCUT2D eigenvalue weighted by Gasteiger charge is 2.05. The highest BCUT2D eigenvalue weighted by atomic mass is 35.5. The molecule has 0 aliphatic rings. The largest absolute Gasteiger partial charge is 0.408 e. The smallest absolute Gasteiger partial charge is 0.315 e. The quantitative estimate of drug-likeness (QED) is 0.827. The third kappa shape index (κ3) is 3.17. The molecule has 0 saturated carbocycles. The molecule has 0 aliphatic heterocycles. The number of pyridine rings is 1. The lowest BCUT2D eigenvalue weighted by molar-refractivity contribution is 0.512. The molecule has 6 heteroatoms. The van der Waals surface area contributed by atoms with E-state index in [0.717, 1.165) is 5.56 Å². The van der Waals surface area contributed by atoms with Gasteiger partial charge in [-0.15, -0.1) is 16.7 Å². The Kier molecular flexibility index (Phi) is 3.93. The summed E-state index contributed by atoms with van der Waals surface area (Å²) < 4.78 is 5.35. The van der Waals surface area contributed by atoms with E-state index in [1.54, 1.807) is 6.20 Å². The van der Waals surface area contributed by atoms with Gasteiger partial charge in [0.1, 0.15) is 0 Å². The van der Waals surface area contributed by atoms with Crippen LogP contribution in [0.25, 0.3) is 0 Å². The van der Waals surface area contributed by atoms with Gasteiger partial charge in [-0.25, -0.2) is 0 Å². The molecule has 0 saturated heterocycles. The van der Waals surface area contributed by atoms with Gasteiger partial charge in [0.05, 0.1) is 0 Å². The van der Waals surface area contributed by atoms with E-state index in [-0.39, 0.29) is 0 Å². The molecule has 2 aromatic heterocycles. The number of alkyl halides is 1. The molecular weight excluding hydrogens is 240 g/mol. The lowest BCUT2D eigenvalue weighted by atomic mass is 10.2. The van der Waals surface area contributed by atoms with Crippen molar-refractivity contribution in [1.29, 1.82) is 0 Å². The van der Waals surface area contributed by atoms with Crippen molar-refractivity contribution in [2.24, 2.45) is 0 Å². The van der Waals surface area contributed by atoms with Gasteiger partial charge in [0.25, 0.3) is 0 Å². The van der Waals surface area contributed by atoms with Crippen LogP contribution in [0.5, 0.6) is 0 Å². The lowest BCUT2D eigenvalue weighted by Crippen LogP contribution is -2.01. The van der Waals surface area contributed by atoms with Crippen LogP contribution < -0.4 is 5.32 Å². The number of nitrogens with zero attached hydrogens (tertiary/aromatic N) is 3. The Labute approximate surface area is 104 Å². The molecule has 0 fully saturated rings. The summed E-state index contributed by atoms with van der Waals surface area (Å²) in [6.07, 6.45) is 4.17. The number of anilines is 1. The van der Waals surface area contributed by atoms with E-state index in [1.165, 1.54) is 5.56 Å². The van der Waals surface area contributed by atoms with E-state index in [0.29, 0.717) is 30.8 Å². The van der Waals surface area contributed by atoms with Crippen molar-refractivity contribution in [2.45, 2.75) is 19.9 Å². The minimum atomic E-state index is 0.411. The van der Waals surface area contributed by atoms with Crippen LogP contribution in [0.3, 0.4) is 0 Å². The topological polar surface area (TPSA) is 63.8 Å². The molecule has 0 bridgehead atoms. The summed E-state index contributed by atoms with van der Waals surface area (Å²) in [6.45, 7) is 2.65. The molecule has 0 atom stereocenters. The normalized spacial score (nSPS) is 10.5. The number of hydrogen-bond donors (Lipinski definition) is 1. The molecule has 2 heterocycles. The Morgan fingerprint density at radius 2 is 2.29 bits per heavy atom. The van der Waals surface area contributed by atoms with Crippen LogP contribution in [0.15, 0.2) is 22.9 Å². The second kappa shape index (κ2) is 5.63. The Hall–Kier alpha value is -1.62. The van der Waals surface area contributed by atoms with Gasteiger partial charge in [0.2, 0.25) is 5.89 Å². The first kappa shape index (κ1) is 11.9. The average molecular weight is 253 g/mol. The molecule has 17 heavy (non-hydrogen) atoms.